The van der Waals surface area contributed by atoms with E-state index in [-0.39, 0.29) is 23.0 Å². The van der Waals surface area contributed by atoms with Crippen molar-refractivity contribution in [2.45, 2.75) is 69.6 Å². The van der Waals surface area contributed by atoms with Crippen molar-refractivity contribution in [3.8, 4) is 0 Å². The summed E-state index contributed by atoms with van der Waals surface area (Å²) in [5.41, 5.74) is 1.03. The number of carbonyl (C=O) groups is 1. The molecule has 1 saturated carbocycles. The molecule has 2 heterocycles. The topological polar surface area (TPSA) is 29.3 Å². The monoisotopic (exact) mass is 365 g/mol. The zero-order valence-electron chi connectivity index (χ0n) is 16.7. The second-order valence-electron chi connectivity index (χ2n) is 9.90. The number of piperidine rings is 1. The van der Waals surface area contributed by atoms with E-state index in [4.69, 9.17) is 4.74 Å². The second kappa shape index (κ2) is 5.94. The van der Waals surface area contributed by atoms with Crippen molar-refractivity contribution in [1.82, 2.24) is 4.90 Å². The van der Waals surface area contributed by atoms with Gasteiger partial charge in [0.2, 0.25) is 0 Å². The van der Waals surface area contributed by atoms with Crippen LogP contribution in [0.4, 0.5) is 0 Å². The molecule has 3 heteroatoms. The Hall–Kier alpha value is -1.61. The van der Waals surface area contributed by atoms with Crippen molar-refractivity contribution in [3.63, 3.8) is 0 Å². The predicted molar refractivity (Wildman–Crippen MR) is 106 cm³/mol. The van der Waals surface area contributed by atoms with Gasteiger partial charge in [0.25, 0.3) is 0 Å². The van der Waals surface area contributed by atoms with Crippen molar-refractivity contribution < 1.29 is 9.53 Å². The van der Waals surface area contributed by atoms with Crippen LogP contribution in [0.15, 0.2) is 42.5 Å². The van der Waals surface area contributed by atoms with E-state index in [0.29, 0.717) is 23.8 Å². The van der Waals surface area contributed by atoms with E-state index in [1.165, 1.54) is 12.0 Å². The summed E-state index contributed by atoms with van der Waals surface area (Å²) < 4.78 is 6.35. The lowest BCUT2D eigenvalue weighted by molar-refractivity contribution is -0.161. The van der Waals surface area contributed by atoms with Crippen molar-refractivity contribution in [2.75, 3.05) is 6.54 Å². The van der Waals surface area contributed by atoms with Gasteiger partial charge in [0.15, 0.2) is 0 Å². The highest BCUT2D eigenvalue weighted by Crippen LogP contribution is 2.56. The van der Waals surface area contributed by atoms with Crippen LogP contribution in [0.5, 0.6) is 0 Å². The Bertz CT molecular complexity index is 770. The summed E-state index contributed by atoms with van der Waals surface area (Å²) in [6.07, 6.45) is 9.00. The molecule has 4 aliphatic rings. The molecule has 0 spiro atoms. The van der Waals surface area contributed by atoms with E-state index < -0.39 is 0 Å². The molecule has 0 N–H and O–H groups in total. The van der Waals surface area contributed by atoms with Gasteiger partial charge >= 0.3 is 5.97 Å². The van der Waals surface area contributed by atoms with Crippen LogP contribution in [-0.2, 0) is 14.9 Å². The van der Waals surface area contributed by atoms with Crippen molar-refractivity contribution >= 4 is 5.97 Å². The molecule has 1 aromatic carbocycles. The van der Waals surface area contributed by atoms with E-state index in [1.807, 2.05) is 0 Å². The Balaban J connectivity index is 1.38. The molecule has 1 unspecified atom stereocenters. The van der Waals surface area contributed by atoms with Gasteiger partial charge in [-0.15, -0.1) is 0 Å². The Morgan fingerprint density at radius 1 is 1.15 bits per heavy atom. The molecule has 27 heavy (non-hydrogen) atoms. The summed E-state index contributed by atoms with van der Waals surface area (Å²) in [5.74, 6) is 1.42. The highest BCUT2D eigenvalue weighted by molar-refractivity contribution is 5.87. The third-order valence-electron chi connectivity index (χ3n) is 8.01. The van der Waals surface area contributed by atoms with Gasteiger partial charge in [-0.05, 0) is 36.2 Å². The molecule has 0 radical (unpaired) electrons. The minimum absolute atomic E-state index is 0.00182. The van der Waals surface area contributed by atoms with Gasteiger partial charge in [0.05, 0.1) is 0 Å². The molecule has 2 aliphatic heterocycles. The summed E-state index contributed by atoms with van der Waals surface area (Å²) in [5, 5.41) is 0. The number of hydrogen-bond acceptors (Lipinski definition) is 3. The molecule has 2 saturated heterocycles. The number of rotatable bonds is 4. The number of hydrogen-bond donors (Lipinski definition) is 0. The lowest BCUT2D eigenvalue weighted by Crippen LogP contribution is -2.46. The molecule has 5 rings (SSSR count). The third kappa shape index (κ3) is 2.54. The van der Waals surface area contributed by atoms with E-state index in [9.17, 15) is 4.79 Å². The fourth-order valence-corrected chi connectivity index (χ4v) is 6.17. The number of benzene rings is 1. The average Bonchev–Trinajstić information content (AvgIpc) is 3.16. The summed E-state index contributed by atoms with van der Waals surface area (Å²) in [6, 6.07) is 11.2. The summed E-state index contributed by atoms with van der Waals surface area (Å²) in [6.45, 7) is 7.84. The van der Waals surface area contributed by atoms with Crippen molar-refractivity contribution in [2.24, 2.45) is 17.8 Å². The lowest BCUT2D eigenvalue weighted by atomic mass is 9.64. The SMILES string of the molecule is C[C@@H]1CC[C@@H](C(C)(C)c2ccccc2)[C@H](OC(=O)[C@@]23CN2[C@@H]2C=C[C@H]3C2)C1. The first kappa shape index (κ1) is 17.5. The van der Waals surface area contributed by atoms with Gasteiger partial charge in [-0.3, -0.25) is 4.90 Å². The molecular weight excluding hydrogens is 334 g/mol. The van der Waals surface area contributed by atoms with Gasteiger partial charge in [-0.25, -0.2) is 4.79 Å². The van der Waals surface area contributed by atoms with Gasteiger partial charge in [-0.1, -0.05) is 69.7 Å². The lowest BCUT2D eigenvalue weighted by Gasteiger charge is -2.44. The fourth-order valence-electron chi connectivity index (χ4n) is 6.17. The van der Waals surface area contributed by atoms with Crippen molar-refractivity contribution in [3.05, 3.63) is 48.0 Å². The van der Waals surface area contributed by atoms with Gasteiger partial charge < -0.3 is 4.74 Å². The number of ether oxygens (including phenoxy) is 1. The maximum atomic E-state index is 13.3. The van der Waals surface area contributed by atoms with E-state index >= 15 is 0 Å². The molecule has 1 aromatic rings. The summed E-state index contributed by atoms with van der Waals surface area (Å²) in [4.78, 5) is 15.6. The zero-order chi connectivity index (χ0) is 18.8. The van der Waals surface area contributed by atoms with Crippen LogP contribution in [0.25, 0.3) is 0 Å². The zero-order valence-corrected chi connectivity index (χ0v) is 16.7. The van der Waals surface area contributed by atoms with Gasteiger partial charge in [0, 0.05) is 24.4 Å². The van der Waals surface area contributed by atoms with Crippen LogP contribution in [0.1, 0.15) is 52.0 Å². The first-order valence-electron chi connectivity index (χ1n) is 10.6. The average molecular weight is 366 g/mol. The molecule has 2 bridgehead atoms. The van der Waals surface area contributed by atoms with Crippen LogP contribution in [-0.4, -0.2) is 35.1 Å². The van der Waals surface area contributed by atoms with Crippen LogP contribution in [0.3, 0.4) is 0 Å². The molecule has 3 fully saturated rings. The molecule has 3 nitrogen and oxygen atoms in total. The first-order chi connectivity index (χ1) is 12.9. The standard InChI is InChI=1S/C24H31NO2/c1-16-9-12-20(23(2,3)17-7-5-4-6-8-17)21(13-16)27-22(26)24-15-25(24)19-11-10-18(24)14-19/h4-8,10-11,16,18-21H,9,12-15H2,1-3H3/t16-,18+,19-,20-,21-,24+,25?/m1/s1. The fraction of sp³-hybridized carbons (Fsp3) is 0.625. The molecule has 0 amide bonds. The Kier molecular flexibility index (Phi) is 3.85. The Morgan fingerprint density at radius 2 is 1.93 bits per heavy atom. The highest BCUT2D eigenvalue weighted by Gasteiger charge is 2.71. The smallest absolute Gasteiger partial charge is 0.328 e. The van der Waals surface area contributed by atoms with Crippen LogP contribution >= 0.6 is 0 Å². The van der Waals surface area contributed by atoms with Crippen LogP contribution in [0.2, 0.25) is 0 Å². The van der Waals surface area contributed by atoms with Crippen molar-refractivity contribution in [1.29, 1.82) is 0 Å². The number of nitrogens with zero attached hydrogens (tertiary/aromatic N) is 1. The normalized spacial score (nSPS) is 42.0. The van der Waals surface area contributed by atoms with Gasteiger partial charge in [0.1, 0.15) is 11.6 Å². The molecule has 2 aliphatic carbocycles. The van der Waals surface area contributed by atoms with Crippen LogP contribution in [0, 0.1) is 17.8 Å². The number of carbonyl (C=O) groups excluding carboxylic acids is 1. The molecule has 144 valence electrons. The predicted octanol–water partition coefficient (Wildman–Crippen LogP) is 4.32. The van der Waals surface area contributed by atoms with E-state index in [2.05, 4.69) is 68.2 Å². The minimum Gasteiger partial charge on any atom is -0.461 e. The Labute approximate surface area is 162 Å². The quantitative estimate of drug-likeness (QED) is 0.452. The third-order valence-corrected chi connectivity index (χ3v) is 8.01. The van der Waals surface area contributed by atoms with E-state index in [1.54, 1.807) is 0 Å². The molecule has 0 aromatic heterocycles. The number of fused-ring (bicyclic) bond motifs is 5. The maximum absolute atomic E-state index is 13.3. The molecule has 7 atom stereocenters. The highest BCUT2D eigenvalue weighted by atomic mass is 16.5. The second-order valence-corrected chi connectivity index (χ2v) is 9.90. The number of esters is 1. The summed E-state index contributed by atoms with van der Waals surface area (Å²) in [7, 11) is 0. The molecular formula is C24H31NO2. The van der Waals surface area contributed by atoms with Crippen LogP contribution < -0.4 is 0 Å². The Morgan fingerprint density at radius 3 is 2.63 bits per heavy atom. The minimum atomic E-state index is -0.318. The summed E-state index contributed by atoms with van der Waals surface area (Å²) >= 11 is 0. The maximum Gasteiger partial charge on any atom is 0.328 e. The van der Waals surface area contributed by atoms with E-state index in [0.717, 1.165) is 25.8 Å². The largest absolute Gasteiger partial charge is 0.461 e. The van der Waals surface area contributed by atoms with Gasteiger partial charge in [-0.2, -0.15) is 0 Å². The first-order valence-corrected chi connectivity index (χ1v) is 10.6.